The van der Waals surface area contributed by atoms with Crippen LogP contribution in [0.4, 0.5) is 0 Å². The number of methoxy groups -OCH3 is 1. The van der Waals surface area contributed by atoms with Gasteiger partial charge in [0.2, 0.25) is 0 Å². The first-order valence-electron chi connectivity index (χ1n) is 17.6. The quantitative estimate of drug-likeness (QED) is 0.0737. The number of fused-ring (bicyclic) bond motifs is 1. The van der Waals surface area contributed by atoms with Gasteiger partial charge in [-0.05, 0) is 30.4 Å². The zero-order valence-corrected chi connectivity index (χ0v) is 27.0. The first-order valence-corrected chi connectivity index (χ1v) is 17.6. The molecule has 1 fully saturated rings. The van der Waals surface area contributed by atoms with Crippen molar-refractivity contribution in [2.45, 2.75) is 155 Å². The van der Waals surface area contributed by atoms with E-state index < -0.39 is 11.7 Å². The monoisotopic (exact) mass is 580 g/mol. The Morgan fingerprint density at radius 3 is 1.83 bits per heavy atom. The highest BCUT2D eigenvalue weighted by Gasteiger charge is 2.22. The molecule has 5 heteroatoms. The standard InChI is InChI=1S/C37H60N2O3/c1-3-4-5-6-7-8-9-10-11-12-13-14-15-16-17-18-19-22-25-38-37(41)36(40)33-29-39-34-28-35(42-2)31(27-32(33)34)26-30-23-20-21-24-30/h27-30,39H,3-26H2,1-2H3,(H,38,41). The van der Waals surface area contributed by atoms with E-state index >= 15 is 0 Å². The van der Waals surface area contributed by atoms with Crippen molar-refractivity contribution in [2.24, 2.45) is 5.92 Å². The van der Waals surface area contributed by atoms with Gasteiger partial charge < -0.3 is 15.0 Å². The second-order valence-electron chi connectivity index (χ2n) is 12.9. The van der Waals surface area contributed by atoms with Crippen molar-refractivity contribution < 1.29 is 14.3 Å². The van der Waals surface area contributed by atoms with Crippen molar-refractivity contribution >= 4 is 22.6 Å². The number of aromatic nitrogens is 1. The highest BCUT2D eigenvalue weighted by atomic mass is 16.5. The summed E-state index contributed by atoms with van der Waals surface area (Å²) < 4.78 is 5.64. The van der Waals surface area contributed by atoms with Crippen LogP contribution in [0.2, 0.25) is 0 Å². The van der Waals surface area contributed by atoms with E-state index in [9.17, 15) is 9.59 Å². The molecule has 0 radical (unpaired) electrons. The summed E-state index contributed by atoms with van der Waals surface area (Å²) in [7, 11) is 1.70. The molecule has 0 unspecified atom stereocenters. The molecular weight excluding hydrogens is 520 g/mol. The average molecular weight is 581 g/mol. The topological polar surface area (TPSA) is 71.2 Å². The first kappa shape index (κ1) is 34.2. The van der Waals surface area contributed by atoms with Crippen LogP contribution in [-0.2, 0) is 11.2 Å². The van der Waals surface area contributed by atoms with Crippen molar-refractivity contribution in [3.63, 3.8) is 0 Å². The summed E-state index contributed by atoms with van der Waals surface area (Å²) in [6.45, 7) is 2.85. The second-order valence-corrected chi connectivity index (χ2v) is 12.9. The Bertz CT molecular complexity index is 1040. The summed E-state index contributed by atoms with van der Waals surface area (Å²) in [5, 5.41) is 3.68. The molecule has 0 saturated heterocycles. The zero-order valence-electron chi connectivity index (χ0n) is 27.0. The van der Waals surface area contributed by atoms with E-state index in [2.05, 4.69) is 23.3 Å². The average Bonchev–Trinajstić information content (AvgIpc) is 3.67. The van der Waals surface area contributed by atoms with E-state index in [1.807, 2.05) is 6.07 Å². The van der Waals surface area contributed by atoms with Gasteiger partial charge in [-0.2, -0.15) is 0 Å². The molecule has 1 amide bonds. The van der Waals surface area contributed by atoms with Crippen molar-refractivity contribution in [1.29, 1.82) is 0 Å². The third-order valence-electron chi connectivity index (χ3n) is 9.33. The van der Waals surface area contributed by atoms with Crippen LogP contribution >= 0.6 is 0 Å². The Morgan fingerprint density at radius 2 is 1.31 bits per heavy atom. The number of ether oxygens (including phenoxy) is 1. The molecule has 1 aromatic heterocycles. The summed E-state index contributed by atoms with van der Waals surface area (Å²) >= 11 is 0. The molecule has 1 aliphatic rings. The van der Waals surface area contributed by atoms with E-state index in [1.54, 1.807) is 13.3 Å². The number of rotatable bonds is 24. The molecule has 2 N–H and O–H groups in total. The maximum absolute atomic E-state index is 13.0. The molecule has 1 saturated carbocycles. The van der Waals surface area contributed by atoms with Crippen LogP contribution in [-0.4, -0.2) is 30.3 Å². The van der Waals surface area contributed by atoms with Crippen molar-refractivity contribution in [3.05, 3.63) is 29.5 Å². The van der Waals surface area contributed by atoms with Crippen LogP contribution in [0.5, 0.6) is 5.75 Å². The summed E-state index contributed by atoms with van der Waals surface area (Å²) in [5.41, 5.74) is 2.42. The minimum atomic E-state index is -0.504. The lowest BCUT2D eigenvalue weighted by molar-refractivity contribution is -0.117. The minimum absolute atomic E-state index is 0.454. The Morgan fingerprint density at radius 1 is 0.786 bits per heavy atom. The highest BCUT2D eigenvalue weighted by molar-refractivity contribution is 6.45. The molecule has 1 heterocycles. The van der Waals surface area contributed by atoms with Crippen LogP contribution < -0.4 is 10.1 Å². The SMILES string of the molecule is CCCCCCCCCCCCCCCCCCCCNC(=O)C(=O)c1c[nH]c2cc(OC)c(CC3CCCC3)cc12. The molecule has 0 spiro atoms. The maximum Gasteiger partial charge on any atom is 0.292 e. The van der Waals surface area contributed by atoms with Gasteiger partial charge in [-0.25, -0.2) is 0 Å². The van der Waals surface area contributed by atoms with E-state index in [1.165, 1.54) is 128 Å². The number of benzene rings is 1. The normalized spacial score (nSPS) is 13.7. The fourth-order valence-corrected chi connectivity index (χ4v) is 6.69. The minimum Gasteiger partial charge on any atom is -0.496 e. The summed E-state index contributed by atoms with van der Waals surface area (Å²) in [5.74, 6) is 0.567. The molecule has 0 atom stereocenters. The number of hydrogen-bond acceptors (Lipinski definition) is 3. The lowest BCUT2D eigenvalue weighted by Crippen LogP contribution is -2.31. The third kappa shape index (κ3) is 12.1. The number of ketones is 1. The second kappa shape index (κ2) is 20.6. The van der Waals surface area contributed by atoms with Crippen LogP contribution in [0.25, 0.3) is 10.9 Å². The number of unbranched alkanes of at least 4 members (excludes halogenated alkanes) is 17. The highest BCUT2D eigenvalue weighted by Crippen LogP contribution is 2.34. The molecule has 0 aliphatic heterocycles. The van der Waals surface area contributed by atoms with Gasteiger partial charge >= 0.3 is 0 Å². The van der Waals surface area contributed by atoms with Gasteiger partial charge in [0.15, 0.2) is 0 Å². The number of hydrogen-bond donors (Lipinski definition) is 2. The number of carbonyl (C=O) groups is 2. The molecule has 2 aromatic rings. The van der Waals surface area contributed by atoms with Crippen molar-refractivity contribution in [3.8, 4) is 5.75 Å². The fraction of sp³-hybridized carbons (Fsp3) is 0.730. The first-order chi connectivity index (χ1) is 20.6. The zero-order chi connectivity index (χ0) is 29.8. The molecular formula is C37H60N2O3. The third-order valence-corrected chi connectivity index (χ3v) is 9.33. The number of nitrogens with one attached hydrogen (secondary N) is 2. The number of Topliss-reactive ketones (excluding diaryl/α,β-unsaturated/α-hetero) is 1. The largest absolute Gasteiger partial charge is 0.496 e. The van der Waals surface area contributed by atoms with Gasteiger partial charge in [0, 0.05) is 29.7 Å². The smallest absolute Gasteiger partial charge is 0.292 e. The predicted octanol–water partition coefficient (Wildman–Crippen LogP) is 10.2. The molecule has 1 aromatic carbocycles. The Labute approximate surface area is 256 Å². The molecule has 42 heavy (non-hydrogen) atoms. The van der Waals surface area contributed by atoms with Gasteiger partial charge in [-0.1, -0.05) is 142 Å². The maximum atomic E-state index is 13.0. The van der Waals surface area contributed by atoms with Crippen LogP contribution in [0.3, 0.4) is 0 Å². The Balaban J connectivity index is 1.22. The molecule has 1 aliphatic carbocycles. The fourth-order valence-electron chi connectivity index (χ4n) is 6.69. The number of carbonyl (C=O) groups excluding carboxylic acids is 2. The van der Waals surface area contributed by atoms with Gasteiger partial charge in [-0.3, -0.25) is 9.59 Å². The summed E-state index contributed by atoms with van der Waals surface area (Å²) in [4.78, 5) is 28.8. The number of H-pyrrole nitrogens is 1. The lowest BCUT2D eigenvalue weighted by atomic mass is 9.95. The Kier molecular flexibility index (Phi) is 16.8. The van der Waals surface area contributed by atoms with E-state index in [0.29, 0.717) is 18.0 Å². The van der Waals surface area contributed by atoms with Crippen molar-refractivity contribution in [1.82, 2.24) is 10.3 Å². The van der Waals surface area contributed by atoms with Crippen LogP contribution in [0, 0.1) is 5.92 Å². The molecule has 236 valence electrons. The molecule has 3 rings (SSSR count). The lowest BCUT2D eigenvalue weighted by Gasteiger charge is -2.13. The van der Waals surface area contributed by atoms with Gasteiger partial charge in [0.25, 0.3) is 11.7 Å². The number of amides is 1. The predicted molar refractivity (Wildman–Crippen MR) is 177 cm³/mol. The van der Waals surface area contributed by atoms with E-state index in [0.717, 1.165) is 41.5 Å². The molecule has 5 nitrogen and oxygen atoms in total. The van der Waals surface area contributed by atoms with E-state index in [-0.39, 0.29) is 0 Å². The van der Waals surface area contributed by atoms with Crippen molar-refractivity contribution in [2.75, 3.05) is 13.7 Å². The van der Waals surface area contributed by atoms with Crippen LogP contribution in [0.1, 0.15) is 164 Å². The van der Waals surface area contributed by atoms with Gasteiger partial charge in [-0.15, -0.1) is 0 Å². The summed E-state index contributed by atoms with van der Waals surface area (Å²) in [6, 6.07) is 4.02. The van der Waals surface area contributed by atoms with Crippen LogP contribution in [0.15, 0.2) is 18.3 Å². The Hall–Kier alpha value is -2.30. The van der Waals surface area contributed by atoms with Gasteiger partial charge in [0.05, 0.1) is 12.7 Å². The number of aromatic amines is 1. The van der Waals surface area contributed by atoms with E-state index in [4.69, 9.17) is 4.74 Å². The van der Waals surface area contributed by atoms with Gasteiger partial charge in [0.1, 0.15) is 5.75 Å². The summed E-state index contributed by atoms with van der Waals surface area (Å²) in [6.07, 6.45) is 31.8. The molecule has 0 bridgehead atoms.